The van der Waals surface area contributed by atoms with E-state index in [9.17, 15) is 0 Å². The normalized spacial score (nSPS) is 15.8. The molecule has 2 nitrogen and oxygen atoms in total. The van der Waals surface area contributed by atoms with Crippen molar-refractivity contribution in [2.45, 2.75) is 39.3 Å². The lowest BCUT2D eigenvalue weighted by Gasteiger charge is -2.21. The average Bonchev–Trinajstić information content (AvgIpc) is 2.33. The molecule has 0 aliphatic heterocycles. The topological polar surface area (TPSA) is 17.8 Å². The second kappa shape index (κ2) is 3.42. The quantitative estimate of drug-likeness (QED) is 0.668. The minimum atomic E-state index is 0.105. The maximum atomic E-state index is 4.59. The smallest absolute Gasteiger partial charge is 0.118 e. The van der Waals surface area contributed by atoms with Gasteiger partial charge in [-0.05, 0) is 27.2 Å². The van der Waals surface area contributed by atoms with Crippen LogP contribution in [-0.4, -0.2) is 9.55 Å². The molecule has 0 amide bonds. The predicted molar refractivity (Wildman–Crippen MR) is 60.0 cm³/mol. The molecule has 0 aliphatic carbocycles. The van der Waals surface area contributed by atoms with E-state index in [0.29, 0.717) is 0 Å². The first kappa shape index (κ1) is 10.7. The van der Waals surface area contributed by atoms with E-state index in [1.807, 2.05) is 0 Å². The Bertz CT molecular complexity index is 313. The summed E-state index contributed by atoms with van der Waals surface area (Å²) in [6, 6.07) is 0. The van der Waals surface area contributed by atoms with Gasteiger partial charge in [0.1, 0.15) is 5.82 Å². The van der Waals surface area contributed by atoms with Crippen LogP contribution in [0.5, 0.6) is 0 Å². The molecule has 0 aliphatic rings. The van der Waals surface area contributed by atoms with Crippen LogP contribution in [0.15, 0.2) is 0 Å². The monoisotopic (exact) mass is 198 g/mol. The van der Waals surface area contributed by atoms with Gasteiger partial charge in [-0.2, -0.15) is 0 Å². The largest absolute Gasteiger partial charge is 0.334 e. The van der Waals surface area contributed by atoms with Crippen molar-refractivity contribution in [3.05, 3.63) is 17.2 Å². The van der Waals surface area contributed by atoms with Gasteiger partial charge in [-0.3, -0.25) is 0 Å². The Kier molecular flexibility index (Phi) is 2.82. The number of aryl methyl sites for hydroxylation is 1. The second-order valence-corrected chi connectivity index (χ2v) is 5.21. The van der Waals surface area contributed by atoms with Crippen LogP contribution in [-0.2, 0) is 12.2 Å². The first-order valence-corrected chi connectivity index (χ1v) is 5.27. The molecule has 0 radical (unpaired) electrons. The van der Waals surface area contributed by atoms with Crippen molar-refractivity contribution in [1.82, 2.24) is 9.55 Å². The molecule has 2 unspecified atom stereocenters. The van der Waals surface area contributed by atoms with E-state index in [4.69, 9.17) is 0 Å². The van der Waals surface area contributed by atoms with Crippen molar-refractivity contribution in [3.63, 3.8) is 0 Å². The van der Waals surface area contributed by atoms with Crippen LogP contribution in [0.25, 0.3) is 0 Å². The van der Waals surface area contributed by atoms with Crippen LogP contribution in [0.1, 0.15) is 37.5 Å². The molecule has 3 heteroatoms. The van der Waals surface area contributed by atoms with Crippen molar-refractivity contribution in [1.29, 1.82) is 0 Å². The van der Waals surface area contributed by atoms with E-state index in [1.165, 1.54) is 5.69 Å². The minimum Gasteiger partial charge on any atom is -0.334 e. The molecule has 0 bridgehead atoms. The van der Waals surface area contributed by atoms with E-state index in [1.54, 1.807) is 0 Å². The van der Waals surface area contributed by atoms with Gasteiger partial charge in [0.25, 0.3) is 0 Å². The van der Waals surface area contributed by atoms with Crippen molar-refractivity contribution in [3.8, 4) is 0 Å². The molecule has 0 aromatic carbocycles. The molecule has 2 atom stereocenters. The van der Waals surface area contributed by atoms with Gasteiger partial charge in [0.2, 0.25) is 0 Å². The van der Waals surface area contributed by atoms with Crippen LogP contribution in [0, 0.1) is 13.8 Å². The van der Waals surface area contributed by atoms with E-state index in [2.05, 4.69) is 53.5 Å². The summed E-state index contributed by atoms with van der Waals surface area (Å²) < 4.78 is 2.19. The molecule has 74 valence electrons. The Morgan fingerprint density at radius 2 is 2.00 bits per heavy atom. The lowest BCUT2D eigenvalue weighted by Crippen LogP contribution is -2.17. The zero-order valence-electron chi connectivity index (χ0n) is 9.18. The highest BCUT2D eigenvalue weighted by Crippen LogP contribution is 2.33. The fourth-order valence-electron chi connectivity index (χ4n) is 1.39. The second-order valence-electron chi connectivity index (χ2n) is 3.94. The summed E-state index contributed by atoms with van der Waals surface area (Å²) in [6.45, 7) is 8.57. The third-order valence-electron chi connectivity index (χ3n) is 2.86. The zero-order valence-corrected chi connectivity index (χ0v) is 10.3. The molecular formula is C10H19N2P. The van der Waals surface area contributed by atoms with Crippen molar-refractivity contribution < 1.29 is 0 Å². The van der Waals surface area contributed by atoms with Gasteiger partial charge in [-0.25, -0.2) is 4.98 Å². The average molecular weight is 198 g/mol. The molecule has 0 saturated heterocycles. The van der Waals surface area contributed by atoms with E-state index >= 15 is 0 Å². The number of aromatic nitrogens is 2. The predicted octanol–water partition coefficient (Wildman–Crippen LogP) is 2.54. The summed E-state index contributed by atoms with van der Waals surface area (Å²) >= 11 is 0. The van der Waals surface area contributed by atoms with Gasteiger partial charge in [-0.1, -0.05) is 6.92 Å². The molecular weight excluding hydrogens is 179 g/mol. The first-order chi connectivity index (χ1) is 5.90. The number of hydrogen-bond donors (Lipinski definition) is 0. The Balaban J connectivity index is 3.23. The summed E-state index contributed by atoms with van der Waals surface area (Å²) in [6.07, 6.45) is 1.08. The molecule has 1 rings (SSSR count). The lowest BCUT2D eigenvalue weighted by molar-refractivity contribution is 0.584. The molecule has 0 fully saturated rings. The number of nitrogens with zero attached hydrogens (tertiary/aromatic N) is 2. The van der Waals surface area contributed by atoms with Gasteiger partial charge in [-0.15, -0.1) is 9.24 Å². The lowest BCUT2D eigenvalue weighted by atomic mass is 10.1. The van der Waals surface area contributed by atoms with Crippen LogP contribution >= 0.6 is 9.24 Å². The summed E-state index contributed by atoms with van der Waals surface area (Å²) in [4.78, 5) is 4.59. The summed E-state index contributed by atoms with van der Waals surface area (Å²) in [5.74, 6) is 1.16. The van der Waals surface area contributed by atoms with Crippen LogP contribution < -0.4 is 0 Å². The SMILES string of the molecule is CCC(C)(P)c1nc(C)c(C)n1C. The Morgan fingerprint density at radius 1 is 1.46 bits per heavy atom. The van der Waals surface area contributed by atoms with Crippen LogP contribution in [0.4, 0.5) is 0 Å². The molecule has 1 heterocycles. The van der Waals surface area contributed by atoms with E-state index in [-0.39, 0.29) is 5.16 Å². The first-order valence-electron chi connectivity index (χ1n) is 4.69. The third-order valence-corrected chi connectivity index (χ3v) is 3.53. The van der Waals surface area contributed by atoms with Crippen molar-refractivity contribution in [2.24, 2.45) is 7.05 Å². The number of rotatable bonds is 2. The highest BCUT2D eigenvalue weighted by atomic mass is 31.0. The molecule has 1 aromatic heterocycles. The van der Waals surface area contributed by atoms with E-state index < -0.39 is 0 Å². The maximum Gasteiger partial charge on any atom is 0.118 e. The summed E-state index contributed by atoms with van der Waals surface area (Å²) in [5.41, 5.74) is 2.40. The molecule has 0 spiro atoms. The van der Waals surface area contributed by atoms with Crippen molar-refractivity contribution >= 4 is 9.24 Å². The summed E-state index contributed by atoms with van der Waals surface area (Å²) in [5, 5.41) is 0.105. The fraction of sp³-hybridized carbons (Fsp3) is 0.700. The van der Waals surface area contributed by atoms with Gasteiger partial charge in [0.05, 0.1) is 5.69 Å². The van der Waals surface area contributed by atoms with Crippen LogP contribution in [0.2, 0.25) is 0 Å². The molecule has 0 N–H and O–H groups in total. The van der Waals surface area contributed by atoms with Gasteiger partial charge < -0.3 is 4.57 Å². The molecule has 1 aromatic rings. The van der Waals surface area contributed by atoms with Gasteiger partial charge >= 0.3 is 0 Å². The highest BCUT2D eigenvalue weighted by molar-refractivity contribution is 7.18. The standard InChI is InChI=1S/C10H19N2P/c1-6-10(4,13)9-11-7(2)8(3)12(9)5/h6,13H2,1-5H3. The van der Waals surface area contributed by atoms with Gasteiger partial charge in [0, 0.05) is 17.9 Å². The number of imidazole rings is 1. The van der Waals surface area contributed by atoms with E-state index in [0.717, 1.165) is 17.9 Å². The Labute approximate surface area is 83.0 Å². The zero-order chi connectivity index (χ0) is 10.2. The Hall–Kier alpha value is -0.360. The van der Waals surface area contributed by atoms with Crippen LogP contribution in [0.3, 0.4) is 0 Å². The third kappa shape index (κ3) is 1.78. The fourth-order valence-corrected chi connectivity index (χ4v) is 1.64. The molecule has 0 saturated carbocycles. The summed E-state index contributed by atoms with van der Waals surface area (Å²) in [7, 11) is 4.98. The maximum absolute atomic E-state index is 4.59. The molecule has 13 heavy (non-hydrogen) atoms. The van der Waals surface area contributed by atoms with Crippen molar-refractivity contribution in [2.75, 3.05) is 0 Å². The van der Waals surface area contributed by atoms with Gasteiger partial charge in [0.15, 0.2) is 0 Å². The minimum absolute atomic E-state index is 0.105. The Morgan fingerprint density at radius 3 is 2.31 bits per heavy atom. The highest BCUT2D eigenvalue weighted by Gasteiger charge is 2.24. The number of hydrogen-bond acceptors (Lipinski definition) is 1.